The van der Waals surface area contributed by atoms with E-state index in [0.29, 0.717) is 34.4 Å². The third-order valence-corrected chi connectivity index (χ3v) is 6.28. The van der Waals surface area contributed by atoms with Crippen LogP contribution in [0.3, 0.4) is 0 Å². The number of anilines is 1. The number of nitrogens with zero attached hydrogens (tertiary/aromatic N) is 3. The number of hydrogen-bond acceptors (Lipinski definition) is 6. The highest BCUT2D eigenvalue weighted by Gasteiger charge is 2.20. The maximum Gasteiger partial charge on any atom is 0.252 e. The molecule has 184 valence electrons. The first kappa shape index (κ1) is 27.5. The van der Waals surface area contributed by atoms with Crippen molar-refractivity contribution >= 4 is 51.1 Å². The summed E-state index contributed by atoms with van der Waals surface area (Å²) in [6.07, 6.45) is 3.11. The van der Waals surface area contributed by atoms with E-state index >= 15 is 0 Å². The number of methoxy groups -OCH3 is 2. The second-order valence-corrected chi connectivity index (χ2v) is 8.20. The van der Waals surface area contributed by atoms with E-state index in [9.17, 15) is 13.6 Å². The van der Waals surface area contributed by atoms with E-state index in [-0.39, 0.29) is 23.8 Å². The molecule has 34 heavy (non-hydrogen) atoms. The number of carbonyl (C=O) groups excluding carboxylic acids is 1. The van der Waals surface area contributed by atoms with Gasteiger partial charge in [-0.1, -0.05) is 31.3 Å². The summed E-state index contributed by atoms with van der Waals surface area (Å²) in [5.41, 5.74) is 0.808. The molecule has 10 heteroatoms. The molecule has 0 aliphatic heterocycles. The minimum atomic E-state index is -0.746. The third kappa shape index (κ3) is 6.43. The number of likely N-dealkylation sites (N-methyl/N-ethyl adjacent to an activating group) is 1. The highest BCUT2D eigenvalue weighted by molar-refractivity contribution is 7.22. The number of amides is 1. The van der Waals surface area contributed by atoms with Gasteiger partial charge in [-0.05, 0) is 42.9 Å². The number of thiazole rings is 1. The second-order valence-electron chi connectivity index (χ2n) is 7.20. The van der Waals surface area contributed by atoms with Crippen molar-refractivity contribution in [1.82, 2.24) is 9.88 Å². The first-order chi connectivity index (χ1) is 15.9. The van der Waals surface area contributed by atoms with Gasteiger partial charge in [0.25, 0.3) is 5.91 Å². The van der Waals surface area contributed by atoms with Crippen LogP contribution in [0.4, 0.5) is 13.9 Å². The van der Waals surface area contributed by atoms with Crippen molar-refractivity contribution in [2.24, 2.45) is 0 Å². The lowest BCUT2D eigenvalue weighted by molar-refractivity contribution is -0.114. The Hall–Kier alpha value is -2.75. The number of hydrogen-bond donors (Lipinski definition) is 0. The van der Waals surface area contributed by atoms with Gasteiger partial charge in [-0.3, -0.25) is 9.69 Å². The first-order valence-electron chi connectivity index (χ1n) is 10.6. The number of fused-ring (bicyclic) bond motifs is 1. The fourth-order valence-corrected chi connectivity index (χ4v) is 4.39. The third-order valence-electron chi connectivity index (χ3n) is 5.26. The van der Waals surface area contributed by atoms with Gasteiger partial charge in [-0.15, -0.1) is 12.4 Å². The van der Waals surface area contributed by atoms with Gasteiger partial charge in [0.2, 0.25) is 0 Å². The summed E-state index contributed by atoms with van der Waals surface area (Å²) >= 11 is 1.09. The molecule has 6 nitrogen and oxygen atoms in total. The summed E-state index contributed by atoms with van der Waals surface area (Å²) in [6.45, 7) is 6.74. The van der Waals surface area contributed by atoms with Crippen LogP contribution < -0.4 is 14.4 Å². The molecule has 0 atom stereocenters. The quantitative estimate of drug-likeness (QED) is 0.341. The van der Waals surface area contributed by atoms with Gasteiger partial charge < -0.3 is 14.4 Å². The molecule has 0 saturated carbocycles. The van der Waals surface area contributed by atoms with Gasteiger partial charge in [-0.2, -0.15) is 0 Å². The lowest BCUT2D eigenvalue weighted by Gasteiger charge is -2.23. The summed E-state index contributed by atoms with van der Waals surface area (Å²) in [6, 6.07) is 7.35. The molecular weight excluding hydrogens is 484 g/mol. The molecule has 0 unspecified atom stereocenters. The number of carbonyl (C=O) groups is 1. The zero-order chi connectivity index (χ0) is 24.0. The largest absolute Gasteiger partial charge is 0.493 e. The molecule has 0 N–H and O–H groups in total. The van der Waals surface area contributed by atoms with Gasteiger partial charge in [0, 0.05) is 25.2 Å². The number of rotatable bonds is 10. The average Bonchev–Trinajstić information content (AvgIpc) is 3.24. The Morgan fingerprint density at radius 3 is 2.41 bits per heavy atom. The summed E-state index contributed by atoms with van der Waals surface area (Å²) < 4.78 is 38.8. The monoisotopic (exact) mass is 511 g/mol. The van der Waals surface area contributed by atoms with Crippen LogP contribution in [0.5, 0.6) is 11.5 Å². The van der Waals surface area contributed by atoms with Gasteiger partial charge in [0.05, 0.1) is 18.9 Å². The van der Waals surface area contributed by atoms with Crippen molar-refractivity contribution < 1.29 is 23.0 Å². The molecular formula is C24H28ClF2N3O3S. The molecule has 3 aromatic rings. The van der Waals surface area contributed by atoms with Gasteiger partial charge in [-0.25, -0.2) is 13.8 Å². The van der Waals surface area contributed by atoms with Crippen LogP contribution in [0.1, 0.15) is 19.4 Å². The van der Waals surface area contributed by atoms with Crippen molar-refractivity contribution in [3.05, 3.63) is 53.6 Å². The molecule has 0 saturated heterocycles. The summed E-state index contributed by atoms with van der Waals surface area (Å²) in [5.74, 6) is -0.592. The average molecular weight is 512 g/mol. The van der Waals surface area contributed by atoms with Crippen molar-refractivity contribution in [2.75, 3.05) is 45.3 Å². The maximum atomic E-state index is 14.2. The van der Waals surface area contributed by atoms with E-state index in [0.717, 1.165) is 36.1 Å². The Bertz CT molecular complexity index is 1150. The molecule has 0 aliphatic rings. The van der Waals surface area contributed by atoms with Crippen molar-refractivity contribution in [3.63, 3.8) is 0 Å². The number of benzene rings is 2. The van der Waals surface area contributed by atoms with Crippen LogP contribution in [0.2, 0.25) is 0 Å². The first-order valence-corrected chi connectivity index (χ1v) is 11.4. The Kier molecular flexibility index (Phi) is 10.2. The summed E-state index contributed by atoms with van der Waals surface area (Å²) in [4.78, 5) is 21.1. The van der Waals surface area contributed by atoms with Crippen LogP contribution in [0.15, 0.2) is 36.4 Å². The van der Waals surface area contributed by atoms with Crippen molar-refractivity contribution in [1.29, 1.82) is 0 Å². The second kappa shape index (κ2) is 12.6. The van der Waals surface area contributed by atoms with Crippen molar-refractivity contribution in [2.45, 2.75) is 13.8 Å². The van der Waals surface area contributed by atoms with E-state index in [1.165, 1.54) is 17.0 Å². The Labute approximate surface area is 208 Å². The van der Waals surface area contributed by atoms with Crippen molar-refractivity contribution in [3.8, 4) is 11.5 Å². The highest BCUT2D eigenvalue weighted by Crippen LogP contribution is 2.32. The fourth-order valence-electron chi connectivity index (χ4n) is 3.36. The standard InChI is InChI=1S/C24H27F2N3O3S.ClH/c1-5-28(6-2)11-12-29(24-27-23-18(26)14-17(25)15-21(23)33-24)22(30)10-8-16-7-9-19(31-3)20(13-16)32-4;/h7-10,13-15H,5-6,11-12H2,1-4H3;1H. The molecule has 0 spiro atoms. The molecule has 1 amide bonds. The summed E-state index contributed by atoms with van der Waals surface area (Å²) in [5, 5.41) is 0.323. The maximum absolute atomic E-state index is 14.2. The van der Waals surface area contributed by atoms with E-state index in [1.54, 1.807) is 38.5 Å². The van der Waals surface area contributed by atoms with Crippen LogP contribution in [0, 0.1) is 11.6 Å². The molecule has 1 aromatic heterocycles. The number of ether oxygens (including phenoxy) is 2. The number of aromatic nitrogens is 1. The van der Waals surface area contributed by atoms with Crippen LogP contribution in [-0.2, 0) is 4.79 Å². The highest BCUT2D eigenvalue weighted by atomic mass is 35.5. The molecule has 0 bridgehead atoms. The zero-order valence-corrected chi connectivity index (χ0v) is 21.1. The topological polar surface area (TPSA) is 54.9 Å². The fraction of sp³-hybridized carbons (Fsp3) is 0.333. The molecule has 3 rings (SSSR count). The number of halogens is 3. The lowest BCUT2D eigenvalue weighted by Crippen LogP contribution is -2.38. The van der Waals surface area contributed by atoms with E-state index in [1.807, 2.05) is 13.8 Å². The normalized spacial score (nSPS) is 11.1. The Morgan fingerprint density at radius 2 is 1.76 bits per heavy atom. The molecule has 1 heterocycles. The predicted molar refractivity (Wildman–Crippen MR) is 136 cm³/mol. The molecule has 2 aromatic carbocycles. The lowest BCUT2D eigenvalue weighted by atomic mass is 10.2. The smallest absolute Gasteiger partial charge is 0.252 e. The van der Waals surface area contributed by atoms with Crippen LogP contribution >= 0.6 is 23.7 Å². The molecule has 0 radical (unpaired) electrons. The van der Waals surface area contributed by atoms with Crippen LogP contribution in [-0.4, -0.2) is 56.2 Å². The van der Waals surface area contributed by atoms with Gasteiger partial charge >= 0.3 is 0 Å². The van der Waals surface area contributed by atoms with Crippen LogP contribution in [0.25, 0.3) is 16.3 Å². The summed E-state index contributed by atoms with van der Waals surface area (Å²) in [7, 11) is 3.10. The molecule has 0 fully saturated rings. The minimum absolute atomic E-state index is 0. The Morgan fingerprint density at radius 1 is 1.06 bits per heavy atom. The molecule has 0 aliphatic carbocycles. The zero-order valence-electron chi connectivity index (χ0n) is 19.5. The van der Waals surface area contributed by atoms with E-state index in [2.05, 4.69) is 9.88 Å². The SMILES string of the molecule is CCN(CC)CCN(C(=O)C=Cc1ccc(OC)c(OC)c1)c1nc2c(F)cc(F)cc2s1.Cl. The van der Waals surface area contributed by atoms with Gasteiger partial charge in [0.1, 0.15) is 11.3 Å². The van der Waals surface area contributed by atoms with Gasteiger partial charge in [0.15, 0.2) is 22.4 Å². The van der Waals surface area contributed by atoms with E-state index < -0.39 is 11.6 Å². The van der Waals surface area contributed by atoms with E-state index in [4.69, 9.17) is 9.47 Å². The predicted octanol–water partition coefficient (Wildman–Crippen LogP) is 5.40. The minimum Gasteiger partial charge on any atom is -0.493 e. The Balaban J connectivity index is 0.00000408.